The molecule has 3 unspecified atom stereocenters. The Hall–Kier alpha value is -0.260. The van der Waals surface area contributed by atoms with E-state index in [1.165, 1.54) is 37.7 Å². The van der Waals surface area contributed by atoms with Crippen molar-refractivity contribution < 1.29 is 0 Å². The van der Waals surface area contributed by atoms with Crippen LogP contribution in [0.2, 0.25) is 0 Å². The van der Waals surface area contributed by atoms with Crippen molar-refractivity contribution in [2.75, 3.05) is 0 Å². The third kappa shape index (κ3) is 1.13. The first kappa shape index (κ1) is 7.39. The summed E-state index contributed by atoms with van der Waals surface area (Å²) < 4.78 is 0. The molecule has 0 bridgehead atoms. The third-order valence-corrected chi connectivity index (χ3v) is 3.47. The molecular formula is C11H17. The second kappa shape index (κ2) is 2.66. The first-order chi connectivity index (χ1) is 5.29. The zero-order valence-electron chi connectivity index (χ0n) is 7.18. The molecule has 0 aliphatic heterocycles. The van der Waals surface area contributed by atoms with Gasteiger partial charge in [0.1, 0.15) is 0 Å². The number of fused-ring (bicyclic) bond motifs is 1. The molecule has 0 aromatic heterocycles. The van der Waals surface area contributed by atoms with Gasteiger partial charge < -0.3 is 0 Å². The smallest absolute Gasteiger partial charge is 0.0149 e. The van der Waals surface area contributed by atoms with Crippen LogP contribution in [0.25, 0.3) is 0 Å². The lowest BCUT2D eigenvalue weighted by atomic mass is 9.76. The molecule has 0 spiro atoms. The molecule has 0 heteroatoms. The Kier molecular flexibility index (Phi) is 1.78. The van der Waals surface area contributed by atoms with Crippen LogP contribution in [0.5, 0.6) is 0 Å². The highest BCUT2D eigenvalue weighted by atomic mass is 14.4. The van der Waals surface area contributed by atoms with Crippen molar-refractivity contribution in [3.05, 3.63) is 19.1 Å². The van der Waals surface area contributed by atoms with Crippen molar-refractivity contribution in [1.82, 2.24) is 0 Å². The van der Waals surface area contributed by atoms with Crippen molar-refractivity contribution >= 4 is 0 Å². The van der Waals surface area contributed by atoms with Gasteiger partial charge in [-0.05, 0) is 56.8 Å². The molecule has 0 heterocycles. The Morgan fingerprint density at radius 1 is 1.18 bits per heavy atom. The van der Waals surface area contributed by atoms with Gasteiger partial charge in [0, 0.05) is 0 Å². The van der Waals surface area contributed by atoms with Crippen LogP contribution in [0.4, 0.5) is 0 Å². The Morgan fingerprint density at radius 2 is 2.00 bits per heavy atom. The summed E-state index contributed by atoms with van der Waals surface area (Å²) in [5.41, 5.74) is 1.50. The summed E-state index contributed by atoms with van der Waals surface area (Å²) in [7, 11) is 0. The molecule has 0 aromatic rings. The van der Waals surface area contributed by atoms with Crippen LogP contribution < -0.4 is 0 Å². The number of hydrogen-bond donors (Lipinski definition) is 0. The molecule has 2 aliphatic rings. The maximum Gasteiger partial charge on any atom is -0.0149 e. The molecular weight excluding hydrogens is 132 g/mol. The second-order valence-corrected chi connectivity index (χ2v) is 4.17. The predicted octanol–water partition coefficient (Wildman–Crippen LogP) is 3.20. The van der Waals surface area contributed by atoms with Crippen molar-refractivity contribution in [3.63, 3.8) is 0 Å². The van der Waals surface area contributed by atoms with Crippen molar-refractivity contribution in [2.24, 2.45) is 17.8 Å². The minimum Gasteiger partial charge on any atom is -0.0996 e. The first-order valence-electron chi connectivity index (χ1n) is 4.80. The summed E-state index contributed by atoms with van der Waals surface area (Å²) in [5.74, 6) is 2.44. The van der Waals surface area contributed by atoms with E-state index in [-0.39, 0.29) is 0 Å². The normalized spacial score (nSPS) is 44.1. The SMILES string of the molecule is [CH2]C1CCC2CCCC(=C)C12. The van der Waals surface area contributed by atoms with Gasteiger partial charge in [-0.1, -0.05) is 12.2 Å². The summed E-state index contributed by atoms with van der Waals surface area (Å²) in [6.45, 7) is 8.38. The average molecular weight is 149 g/mol. The van der Waals surface area contributed by atoms with Crippen molar-refractivity contribution in [3.8, 4) is 0 Å². The van der Waals surface area contributed by atoms with E-state index in [1.807, 2.05) is 0 Å². The maximum absolute atomic E-state index is 4.21. The van der Waals surface area contributed by atoms with Crippen LogP contribution in [0, 0.1) is 24.7 Å². The van der Waals surface area contributed by atoms with Gasteiger partial charge in [0.05, 0.1) is 0 Å². The van der Waals surface area contributed by atoms with Crippen LogP contribution in [-0.4, -0.2) is 0 Å². The molecule has 0 N–H and O–H groups in total. The van der Waals surface area contributed by atoms with E-state index in [1.54, 1.807) is 0 Å². The summed E-state index contributed by atoms with van der Waals surface area (Å²) in [6, 6.07) is 0. The summed E-state index contributed by atoms with van der Waals surface area (Å²) in [4.78, 5) is 0. The topological polar surface area (TPSA) is 0 Å². The Bertz CT molecular complexity index is 167. The van der Waals surface area contributed by atoms with Crippen molar-refractivity contribution in [1.29, 1.82) is 0 Å². The minimum atomic E-state index is 0.688. The van der Waals surface area contributed by atoms with Crippen molar-refractivity contribution in [2.45, 2.75) is 32.1 Å². The number of rotatable bonds is 0. The molecule has 0 saturated heterocycles. The van der Waals surface area contributed by atoms with Gasteiger partial charge in [-0.2, -0.15) is 0 Å². The Morgan fingerprint density at radius 3 is 2.73 bits per heavy atom. The molecule has 61 valence electrons. The molecule has 2 fully saturated rings. The highest BCUT2D eigenvalue weighted by Gasteiger charge is 2.36. The van der Waals surface area contributed by atoms with E-state index in [4.69, 9.17) is 0 Å². The van der Waals surface area contributed by atoms with Gasteiger partial charge in [0.15, 0.2) is 0 Å². The fraction of sp³-hybridized carbons (Fsp3) is 0.727. The molecule has 2 rings (SSSR count). The zero-order valence-corrected chi connectivity index (χ0v) is 7.18. The molecule has 2 saturated carbocycles. The number of allylic oxidation sites excluding steroid dienone is 1. The van der Waals surface area contributed by atoms with E-state index >= 15 is 0 Å². The highest BCUT2D eigenvalue weighted by Crippen LogP contribution is 2.47. The quantitative estimate of drug-likeness (QED) is 0.464. The first-order valence-corrected chi connectivity index (χ1v) is 4.80. The van der Waals surface area contributed by atoms with E-state index in [0.717, 1.165) is 11.8 Å². The Labute approximate surface area is 69.7 Å². The van der Waals surface area contributed by atoms with Crippen LogP contribution >= 0.6 is 0 Å². The van der Waals surface area contributed by atoms with Crippen LogP contribution in [0.1, 0.15) is 32.1 Å². The summed E-state index contributed by atoms with van der Waals surface area (Å²) in [6.07, 6.45) is 6.85. The lowest BCUT2D eigenvalue weighted by molar-refractivity contribution is 0.323. The van der Waals surface area contributed by atoms with E-state index in [9.17, 15) is 0 Å². The molecule has 0 nitrogen and oxygen atoms in total. The highest BCUT2D eigenvalue weighted by molar-refractivity contribution is 5.11. The van der Waals surface area contributed by atoms with Gasteiger partial charge in [0.2, 0.25) is 0 Å². The number of hydrogen-bond acceptors (Lipinski definition) is 0. The lowest BCUT2D eigenvalue weighted by Crippen LogP contribution is -2.19. The standard InChI is InChI=1S/C11H17/c1-8-4-3-5-10-7-6-9(2)11(8)10/h9-11H,1-7H2. The van der Waals surface area contributed by atoms with Crippen LogP contribution in [0.15, 0.2) is 12.2 Å². The van der Waals surface area contributed by atoms with E-state index in [0.29, 0.717) is 5.92 Å². The second-order valence-electron chi connectivity index (χ2n) is 4.17. The maximum atomic E-state index is 4.21. The minimum absolute atomic E-state index is 0.688. The molecule has 2 aliphatic carbocycles. The predicted molar refractivity (Wildman–Crippen MR) is 48.1 cm³/mol. The van der Waals surface area contributed by atoms with Gasteiger partial charge in [-0.15, -0.1) is 0 Å². The van der Waals surface area contributed by atoms with Gasteiger partial charge in [-0.25, -0.2) is 0 Å². The van der Waals surface area contributed by atoms with Crippen LogP contribution in [-0.2, 0) is 0 Å². The zero-order chi connectivity index (χ0) is 7.84. The molecule has 0 aromatic carbocycles. The average Bonchev–Trinajstić information content (AvgIpc) is 2.34. The Balaban J connectivity index is 2.14. The largest absolute Gasteiger partial charge is 0.0996 e. The lowest BCUT2D eigenvalue weighted by Gasteiger charge is -2.30. The monoisotopic (exact) mass is 149 g/mol. The van der Waals surface area contributed by atoms with E-state index < -0.39 is 0 Å². The van der Waals surface area contributed by atoms with E-state index in [2.05, 4.69) is 13.5 Å². The van der Waals surface area contributed by atoms with Crippen LogP contribution in [0.3, 0.4) is 0 Å². The summed E-state index contributed by atoms with van der Waals surface area (Å²) >= 11 is 0. The fourth-order valence-electron chi connectivity index (χ4n) is 2.92. The van der Waals surface area contributed by atoms with Gasteiger partial charge in [-0.3, -0.25) is 0 Å². The molecule has 0 amide bonds. The fourth-order valence-corrected chi connectivity index (χ4v) is 2.92. The third-order valence-electron chi connectivity index (χ3n) is 3.47. The van der Waals surface area contributed by atoms with Gasteiger partial charge in [0.25, 0.3) is 0 Å². The molecule has 3 atom stereocenters. The van der Waals surface area contributed by atoms with Gasteiger partial charge >= 0.3 is 0 Å². The summed E-state index contributed by atoms with van der Waals surface area (Å²) in [5, 5.41) is 0. The molecule has 11 heavy (non-hydrogen) atoms. The molecule has 1 radical (unpaired) electrons.